The molecule has 4 nitrogen and oxygen atoms in total. The average Bonchev–Trinajstić information content (AvgIpc) is 3.16. The summed E-state index contributed by atoms with van der Waals surface area (Å²) in [6.07, 6.45) is 6.67. The normalized spacial score (nSPS) is 32.4. The summed E-state index contributed by atoms with van der Waals surface area (Å²) < 4.78 is 28.5. The predicted molar refractivity (Wildman–Crippen MR) is 125 cm³/mol. The van der Waals surface area contributed by atoms with Gasteiger partial charge in [-0.05, 0) is 74.5 Å². The summed E-state index contributed by atoms with van der Waals surface area (Å²) in [6.45, 7) is 0. The van der Waals surface area contributed by atoms with Crippen LogP contribution in [0.1, 0.15) is 49.5 Å². The first-order chi connectivity index (χ1) is 15.9. The van der Waals surface area contributed by atoms with Crippen LogP contribution in [0.25, 0.3) is 0 Å². The molecule has 4 saturated carbocycles. The molecule has 1 unspecified atom stereocenters. The van der Waals surface area contributed by atoms with Crippen LogP contribution in [-0.2, 0) is 9.59 Å². The SMILES string of the molecule is O=C1CSC(c2ccccc2NC(=O)C23CC4CC(CC(C4)C2)C3)N1c1cc(F)ccc1F. The lowest BCUT2D eigenvalue weighted by Crippen LogP contribution is -2.51. The number of anilines is 2. The number of halogens is 2. The van der Waals surface area contributed by atoms with Crippen molar-refractivity contribution in [3.8, 4) is 0 Å². The molecule has 1 N–H and O–H groups in total. The van der Waals surface area contributed by atoms with E-state index in [0.717, 1.165) is 43.0 Å². The fourth-order valence-electron chi connectivity index (χ4n) is 7.05. The van der Waals surface area contributed by atoms with Crippen LogP contribution in [0.4, 0.5) is 20.2 Å². The van der Waals surface area contributed by atoms with Crippen molar-refractivity contribution in [1.82, 2.24) is 0 Å². The third kappa shape index (κ3) is 3.56. The van der Waals surface area contributed by atoms with Crippen molar-refractivity contribution in [2.24, 2.45) is 23.2 Å². The van der Waals surface area contributed by atoms with Crippen LogP contribution < -0.4 is 10.2 Å². The Balaban J connectivity index is 1.31. The predicted octanol–water partition coefficient (Wildman–Crippen LogP) is 5.90. The maximum atomic E-state index is 14.6. The highest BCUT2D eigenvalue weighted by Gasteiger charge is 2.54. The number of rotatable bonds is 4. The minimum absolute atomic E-state index is 0.0720. The van der Waals surface area contributed by atoms with Crippen molar-refractivity contribution in [1.29, 1.82) is 0 Å². The molecule has 33 heavy (non-hydrogen) atoms. The van der Waals surface area contributed by atoms with Crippen molar-refractivity contribution in [2.45, 2.75) is 43.9 Å². The largest absolute Gasteiger partial charge is 0.325 e. The first-order valence-corrected chi connectivity index (χ1v) is 12.8. The Kier molecular flexibility index (Phi) is 5.02. The molecule has 1 saturated heterocycles. The molecule has 0 radical (unpaired) electrons. The molecular weight excluding hydrogens is 442 g/mol. The number of carbonyl (C=O) groups excluding carboxylic acids is 2. The summed E-state index contributed by atoms with van der Waals surface area (Å²) in [4.78, 5) is 27.7. The molecule has 5 aliphatic rings. The second-order valence-corrected chi connectivity index (χ2v) is 11.3. The van der Waals surface area contributed by atoms with E-state index in [0.29, 0.717) is 23.4 Å². The summed E-state index contributed by atoms with van der Waals surface area (Å²) in [5.74, 6) is 0.692. The van der Waals surface area contributed by atoms with Gasteiger partial charge in [0.2, 0.25) is 11.8 Å². The van der Waals surface area contributed by atoms with E-state index >= 15 is 0 Å². The van der Waals surface area contributed by atoms with Gasteiger partial charge in [-0.1, -0.05) is 18.2 Å². The Morgan fingerprint density at radius 2 is 1.67 bits per heavy atom. The van der Waals surface area contributed by atoms with Crippen molar-refractivity contribution in [2.75, 3.05) is 16.0 Å². The van der Waals surface area contributed by atoms with Gasteiger partial charge < -0.3 is 5.32 Å². The highest BCUT2D eigenvalue weighted by atomic mass is 32.2. The van der Waals surface area contributed by atoms with Gasteiger partial charge in [-0.2, -0.15) is 0 Å². The third-order valence-electron chi connectivity index (χ3n) is 8.03. The third-order valence-corrected chi connectivity index (χ3v) is 9.22. The quantitative estimate of drug-likeness (QED) is 0.608. The Labute approximate surface area is 196 Å². The number of hydrogen-bond donors (Lipinski definition) is 1. The van der Waals surface area contributed by atoms with Crippen LogP contribution in [-0.4, -0.2) is 17.6 Å². The van der Waals surface area contributed by atoms with E-state index in [4.69, 9.17) is 0 Å². The van der Waals surface area contributed by atoms with Gasteiger partial charge in [-0.25, -0.2) is 8.78 Å². The molecule has 2 amide bonds. The molecule has 7 heteroatoms. The number of benzene rings is 2. The number of carbonyl (C=O) groups is 2. The number of thioether (sulfide) groups is 1. The lowest BCUT2D eigenvalue weighted by Gasteiger charge is -2.55. The zero-order valence-corrected chi connectivity index (χ0v) is 19.0. The van der Waals surface area contributed by atoms with Crippen molar-refractivity contribution in [3.05, 3.63) is 59.7 Å². The summed E-state index contributed by atoms with van der Waals surface area (Å²) in [5, 5.41) is 2.66. The summed E-state index contributed by atoms with van der Waals surface area (Å²) in [7, 11) is 0. The monoisotopic (exact) mass is 468 g/mol. The Morgan fingerprint density at radius 1 is 1.00 bits per heavy atom. The number of para-hydroxylation sites is 1. The molecule has 0 spiro atoms. The molecule has 2 aromatic carbocycles. The summed E-state index contributed by atoms with van der Waals surface area (Å²) in [6, 6.07) is 10.5. The van der Waals surface area contributed by atoms with E-state index in [1.165, 1.54) is 35.9 Å². The number of amides is 2. The van der Waals surface area contributed by atoms with E-state index in [9.17, 15) is 18.4 Å². The molecule has 1 heterocycles. The topological polar surface area (TPSA) is 49.4 Å². The first kappa shape index (κ1) is 21.1. The Hall–Kier alpha value is -2.41. The lowest BCUT2D eigenvalue weighted by molar-refractivity contribution is -0.140. The minimum atomic E-state index is -0.646. The molecule has 4 aliphatic carbocycles. The zero-order valence-electron chi connectivity index (χ0n) is 18.2. The molecule has 5 fully saturated rings. The molecular formula is C26H26F2N2O2S. The fraction of sp³-hybridized carbons (Fsp3) is 0.462. The number of hydrogen-bond acceptors (Lipinski definition) is 3. The van der Waals surface area contributed by atoms with Crippen molar-refractivity contribution in [3.63, 3.8) is 0 Å². The van der Waals surface area contributed by atoms with E-state index < -0.39 is 17.0 Å². The van der Waals surface area contributed by atoms with E-state index in [-0.39, 0.29) is 28.7 Å². The second kappa shape index (κ2) is 7.83. The van der Waals surface area contributed by atoms with E-state index in [2.05, 4.69) is 5.32 Å². The molecule has 0 aromatic heterocycles. The maximum Gasteiger partial charge on any atom is 0.238 e. The van der Waals surface area contributed by atoms with Gasteiger partial charge in [-0.15, -0.1) is 11.8 Å². The van der Waals surface area contributed by atoms with Crippen LogP contribution in [0.3, 0.4) is 0 Å². The first-order valence-electron chi connectivity index (χ1n) is 11.7. The highest BCUT2D eigenvalue weighted by molar-refractivity contribution is 8.00. The van der Waals surface area contributed by atoms with Crippen LogP contribution in [0.15, 0.2) is 42.5 Å². The molecule has 1 aliphatic heterocycles. The average molecular weight is 469 g/mol. The number of nitrogens with zero attached hydrogens (tertiary/aromatic N) is 1. The van der Waals surface area contributed by atoms with E-state index in [1.807, 2.05) is 24.3 Å². The molecule has 172 valence electrons. The van der Waals surface area contributed by atoms with Crippen LogP contribution in [0.2, 0.25) is 0 Å². The highest BCUT2D eigenvalue weighted by Crippen LogP contribution is 2.60. The standard InChI is InChI=1S/C26H26F2N2O2S/c27-18-5-6-20(28)22(10-18)30-23(31)14-33-24(30)19-3-1-2-4-21(19)29-25(32)26-11-15-7-16(12-26)9-17(8-15)13-26/h1-6,10,15-17,24H,7-9,11-14H2,(H,29,32). The van der Waals surface area contributed by atoms with E-state index in [1.54, 1.807) is 0 Å². The van der Waals surface area contributed by atoms with Crippen LogP contribution >= 0.6 is 11.8 Å². The second-order valence-electron chi connectivity index (χ2n) is 10.3. The van der Waals surface area contributed by atoms with Gasteiger partial charge >= 0.3 is 0 Å². The maximum absolute atomic E-state index is 14.6. The Bertz CT molecular complexity index is 1100. The number of nitrogens with one attached hydrogen (secondary N) is 1. The Morgan fingerprint density at radius 3 is 2.36 bits per heavy atom. The summed E-state index contributed by atoms with van der Waals surface area (Å²) in [5.41, 5.74) is 1.01. The van der Waals surface area contributed by atoms with Gasteiger partial charge in [-0.3, -0.25) is 14.5 Å². The van der Waals surface area contributed by atoms with Crippen molar-refractivity contribution < 1.29 is 18.4 Å². The van der Waals surface area contributed by atoms with Gasteiger partial charge in [0.05, 0.1) is 16.9 Å². The lowest BCUT2D eigenvalue weighted by atomic mass is 9.49. The van der Waals surface area contributed by atoms with Gasteiger partial charge in [0.25, 0.3) is 0 Å². The summed E-state index contributed by atoms with van der Waals surface area (Å²) >= 11 is 1.36. The molecule has 1 atom stereocenters. The minimum Gasteiger partial charge on any atom is -0.325 e. The zero-order chi connectivity index (χ0) is 22.7. The van der Waals surface area contributed by atoms with Crippen molar-refractivity contribution >= 4 is 35.0 Å². The molecule has 2 aromatic rings. The van der Waals surface area contributed by atoms with Gasteiger partial charge in [0, 0.05) is 17.3 Å². The van der Waals surface area contributed by atoms with Gasteiger partial charge in [0.15, 0.2) is 0 Å². The van der Waals surface area contributed by atoms with Crippen LogP contribution in [0, 0.1) is 34.8 Å². The smallest absolute Gasteiger partial charge is 0.238 e. The molecule has 4 bridgehead atoms. The van der Waals surface area contributed by atoms with Crippen LogP contribution in [0.5, 0.6) is 0 Å². The van der Waals surface area contributed by atoms with Gasteiger partial charge in [0.1, 0.15) is 17.0 Å². The molecule has 7 rings (SSSR count). The fourth-order valence-corrected chi connectivity index (χ4v) is 8.26.